The number of esters is 1. The Kier molecular flexibility index (Phi) is 6.09. The van der Waals surface area contributed by atoms with Gasteiger partial charge in [-0.2, -0.15) is 0 Å². The van der Waals surface area contributed by atoms with Crippen molar-refractivity contribution in [3.63, 3.8) is 0 Å². The standard InChI is InChI=1S/C21H21BrO4/c22-16-11-9-15(10-12-16)17-7-4-8-18(20(23)24)19(17)21(25)26-13-14-5-2-1-3-6-14/h1-3,5-6,9-12,17-19H,4,7-8,13H2,(H,23,24)/t17-,18-,19-/m0/s1. The lowest BCUT2D eigenvalue weighted by atomic mass is 9.69. The van der Waals surface area contributed by atoms with Crippen molar-refractivity contribution in [2.24, 2.45) is 11.8 Å². The zero-order valence-electron chi connectivity index (χ0n) is 14.3. The van der Waals surface area contributed by atoms with Crippen LogP contribution in [-0.2, 0) is 20.9 Å². The number of benzene rings is 2. The largest absolute Gasteiger partial charge is 0.481 e. The molecule has 26 heavy (non-hydrogen) atoms. The molecule has 1 fully saturated rings. The monoisotopic (exact) mass is 416 g/mol. The van der Waals surface area contributed by atoms with Crippen molar-refractivity contribution < 1.29 is 19.4 Å². The predicted octanol–water partition coefficient (Wildman–Crippen LogP) is 4.78. The van der Waals surface area contributed by atoms with E-state index in [1.807, 2.05) is 54.6 Å². The van der Waals surface area contributed by atoms with Crippen LogP contribution in [-0.4, -0.2) is 17.0 Å². The number of halogens is 1. The number of carbonyl (C=O) groups excluding carboxylic acids is 1. The van der Waals surface area contributed by atoms with E-state index in [0.717, 1.165) is 28.4 Å². The van der Waals surface area contributed by atoms with Crippen molar-refractivity contribution in [2.75, 3.05) is 0 Å². The molecule has 0 aromatic heterocycles. The Morgan fingerprint density at radius 1 is 1.04 bits per heavy atom. The molecule has 0 saturated heterocycles. The lowest BCUT2D eigenvalue weighted by Gasteiger charge is -2.34. The van der Waals surface area contributed by atoms with E-state index >= 15 is 0 Å². The van der Waals surface area contributed by atoms with E-state index in [1.165, 1.54) is 0 Å². The molecule has 2 aromatic carbocycles. The van der Waals surface area contributed by atoms with Gasteiger partial charge in [-0.05, 0) is 42.0 Å². The van der Waals surface area contributed by atoms with Gasteiger partial charge in [0.25, 0.3) is 0 Å². The van der Waals surface area contributed by atoms with E-state index in [-0.39, 0.29) is 12.5 Å². The summed E-state index contributed by atoms with van der Waals surface area (Å²) in [6.07, 6.45) is 2.09. The first-order valence-electron chi connectivity index (χ1n) is 8.75. The molecule has 4 nitrogen and oxygen atoms in total. The van der Waals surface area contributed by atoms with Crippen molar-refractivity contribution in [1.82, 2.24) is 0 Å². The second-order valence-corrected chi connectivity index (χ2v) is 7.57. The molecule has 5 heteroatoms. The van der Waals surface area contributed by atoms with Crippen LogP contribution >= 0.6 is 15.9 Å². The maximum Gasteiger partial charge on any atom is 0.310 e. The first-order chi connectivity index (χ1) is 12.6. The lowest BCUT2D eigenvalue weighted by molar-refractivity contribution is -0.161. The molecule has 0 radical (unpaired) electrons. The zero-order valence-corrected chi connectivity index (χ0v) is 15.9. The molecule has 0 bridgehead atoms. The highest BCUT2D eigenvalue weighted by Gasteiger charge is 2.43. The fraction of sp³-hybridized carbons (Fsp3) is 0.333. The van der Waals surface area contributed by atoms with Gasteiger partial charge in [-0.15, -0.1) is 0 Å². The Labute approximate surface area is 161 Å². The summed E-state index contributed by atoms with van der Waals surface area (Å²) in [6.45, 7) is 0.162. The average molecular weight is 417 g/mol. The Hall–Kier alpha value is -2.14. The molecule has 0 heterocycles. The summed E-state index contributed by atoms with van der Waals surface area (Å²) in [5.74, 6) is -2.85. The van der Waals surface area contributed by atoms with Crippen LogP contribution in [0.1, 0.15) is 36.3 Å². The highest BCUT2D eigenvalue weighted by Crippen LogP contribution is 2.42. The van der Waals surface area contributed by atoms with Gasteiger partial charge >= 0.3 is 11.9 Å². The van der Waals surface area contributed by atoms with Crippen molar-refractivity contribution in [1.29, 1.82) is 0 Å². The summed E-state index contributed by atoms with van der Waals surface area (Å²) in [4.78, 5) is 24.6. The van der Waals surface area contributed by atoms with Crippen molar-refractivity contribution in [2.45, 2.75) is 31.8 Å². The molecule has 0 amide bonds. The minimum atomic E-state index is -0.923. The first kappa shape index (κ1) is 18.6. The van der Waals surface area contributed by atoms with E-state index in [4.69, 9.17) is 4.74 Å². The van der Waals surface area contributed by atoms with Gasteiger partial charge in [0.15, 0.2) is 0 Å². The van der Waals surface area contributed by atoms with Gasteiger partial charge in [0, 0.05) is 4.47 Å². The molecular weight excluding hydrogens is 396 g/mol. The molecule has 0 spiro atoms. The van der Waals surface area contributed by atoms with Crippen LogP contribution in [0.25, 0.3) is 0 Å². The molecule has 0 aliphatic heterocycles. The van der Waals surface area contributed by atoms with Crippen LogP contribution in [0.2, 0.25) is 0 Å². The van der Waals surface area contributed by atoms with Gasteiger partial charge in [0.1, 0.15) is 6.61 Å². The Morgan fingerprint density at radius 2 is 1.73 bits per heavy atom. The highest BCUT2D eigenvalue weighted by atomic mass is 79.9. The molecular formula is C21H21BrO4. The van der Waals surface area contributed by atoms with Crippen molar-refractivity contribution in [3.05, 3.63) is 70.2 Å². The van der Waals surface area contributed by atoms with Gasteiger partial charge < -0.3 is 9.84 Å². The SMILES string of the molecule is O=C(OCc1ccccc1)[C@@H]1[C@@H](C(=O)O)CCC[C@H]1c1ccc(Br)cc1. The van der Waals surface area contributed by atoms with Gasteiger partial charge in [-0.3, -0.25) is 9.59 Å². The second kappa shape index (κ2) is 8.49. The number of hydrogen-bond acceptors (Lipinski definition) is 3. The topological polar surface area (TPSA) is 63.6 Å². The minimum Gasteiger partial charge on any atom is -0.481 e. The third-order valence-electron chi connectivity index (χ3n) is 5.01. The summed E-state index contributed by atoms with van der Waals surface area (Å²) in [7, 11) is 0. The number of carbonyl (C=O) groups is 2. The fourth-order valence-corrected chi connectivity index (χ4v) is 3.98. The molecule has 3 rings (SSSR count). The maximum absolute atomic E-state index is 12.8. The van der Waals surface area contributed by atoms with Crippen molar-refractivity contribution in [3.8, 4) is 0 Å². The number of ether oxygens (including phenoxy) is 1. The molecule has 1 saturated carbocycles. The van der Waals surface area contributed by atoms with Crippen LogP contribution in [0, 0.1) is 11.8 Å². The van der Waals surface area contributed by atoms with Crippen LogP contribution in [0.3, 0.4) is 0 Å². The molecule has 136 valence electrons. The van der Waals surface area contributed by atoms with E-state index in [9.17, 15) is 14.7 Å². The molecule has 1 aliphatic rings. The summed E-state index contributed by atoms with van der Waals surface area (Å²) >= 11 is 3.41. The van der Waals surface area contributed by atoms with Crippen LogP contribution < -0.4 is 0 Å². The summed E-state index contributed by atoms with van der Waals surface area (Å²) < 4.78 is 6.47. The summed E-state index contributed by atoms with van der Waals surface area (Å²) in [5, 5.41) is 9.64. The molecule has 3 atom stereocenters. The van der Waals surface area contributed by atoms with Crippen LogP contribution in [0.15, 0.2) is 59.1 Å². The third-order valence-corrected chi connectivity index (χ3v) is 5.54. The van der Waals surface area contributed by atoms with Gasteiger partial charge in [0.2, 0.25) is 0 Å². The average Bonchev–Trinajstić information content (AvgIpc) is 2.67. The van der Waals surface area contributed by atoms with Gasteiger partial charge in [-0.1, -0.05) is 64.8 Å². The highest BCUT2D eigenvalue weighted by molar-refractivity contribution is 9.10. The first-order valence-corrected chi connectivity index (χ1v) is 9.54. The predicted molar refractivity (Wildman–Crippen MR) is 102 cm³/mol. The zero-order chi connectivity index (χ0) is 18.5. The van der Waals surface area contributed by atoms with Gasteiger partial charge in [-0.25, -0.2) is 0 Å². The van der Waals surface area contributed by atoms with Crippen LogP contribution in [0.5, 0.6) is 0 Å². The maximum atomic E-state index is 12.8. The fourth-order valence-electron chi connectivity index (χ4n) is 3.71. The number of rotatable bonds is 5. The Bertz CT molecular complexity index is 757. The molecule has 1 aliphatic carbocycles. The number of aliphatic carboxylic acids is 1. The summed E-state index contributed by atoms with van der Waals surface area (Å²) in [6, 6.07) is 17.2. The quantitative estimate of drug-likeness (QED) is 0.712. The number of carboxylic acids is 1. The van der Waals surface area contributed by atoms with E-state index < -0.39 is 23.8 Å². The Morgan fingerprint density at radius 3 is 2.38 bits per heavy atom. The second-order valence-electron chi connectivity index (χ2n) is 6.65. The minimum absolute atomic E-state index is 0.138. The summed E-state index contributed by atoms with van der Waals surface area (Å²) in [5.41, 5.74) is 1.88. The van der Waals surface area contributed by atoms with E-state index in [1.54, 1.807) is 0 Å². The Balaban J connectivity index is 1.82. The third kappa shape index (κ3) is 4.33. The van der Waals surface area contributed by atoms with Crippen LogP contribution in [0.4, 0.5) is 0 Å². The van der Waals surface area contributed by atoms with E-state index in [0.29, 0.717) is 6.42 Å². The molecule has 0 unspecified atom stereocenters. The number of hydrogen-bond donors (Lipinski definition) is 1. The van der Waals surface area contributed by atoms with E-state index in [2.05, 4.69) is 15.9 Å². The van der Waals surface area contributed by atoms with Crippen molar-refractivity contribution >= 4 is 27.9 Å². The smallest absolute Gasteiger partial charge is 0.310 e. The number of carboxylic acid groups (broad SMARTS) is 1. The van der Waals surface area contributed by atoms with Gasteiger partial charge in [0.05, 0.1) is 11.8 Å². The molecule has 1 N–H and O–H groups in total. The lowest BCUT2D eigenvalue weighted by Crippen LogP contribution is -2.38. The normalized spacial score (nSPS) is 22.6. The molecule has 2 aromatic rings.